The topological polar surface area (TPSA) is 69.6 Å². The fourth-order valence-electron chi connectivity index (χ4n) is 1.38. The minimum atomic E-state index is -0.849. The molecule has 13 heavy (non-hydrogen) atoms. The minimum absolute atomic E-state index is 0.319. The maximum Gasteiger partial charge on any atom is 0.323 e. The Kier molecular flexibility index (Phi) is 2.63. The van der Waals surface area contributed by atoms with Crippen molar-refractivity contribution in [2.75, 3.05) is 6.54 Å². The van der Waals surface area contributed by atoms with Gasteiger partial charge in [0.1, 0.15) is 5.54 Å². The van der Waals surface area contributed by atoms with Gasteiger partial charge in [-0.3, -0.25) is 10.1 Å². The van der Waals surface area contributed by atoms with Crippen molar-refractivity contribution in [2.45, 2.75) is 44.2 Å². The Morgan fingerprint density at radius 3 is 2.31 bits per heavy atom. The normalized spacial score (nSPS) is 20.8. The summed E-state index contributed by atoms with van der Waals surface area (Å²) in [5.74, 6) is -0.803. The summed E-state index contributed by atoms with van der Waals surface area (Å²) in [5.41, 5.74) is -1.61. The third-order valence-electron chi connectivity index (χ3n) is 2.48. The molecule has 0 aromatic carbocycles. The van der Waals surface area contributed by atoms with Crippen molar-refractivity contribution >= 4 is 5.97 Å². The molecule has 3 N–H and O–H groups in total. The second-order valence-corrected chi connectivity index (χ2v) is 4.41. The van der Waals surface area contributed by atoms with Crippen molar-refractivity contribution in [3.8, 4) is 0 Å². The van der Waals surface area contributed by atoms with E-state index in [0.29, 0.717) is 19.4 Å². The number of aliphatic carboxylic acids is 1. The van der Waals surface area contributed by atoms with E-state index in [2.05, 4.69) is 5.32 Å². The number of carboxylic acid groups (broad SMARTS) is 1. The first kappa shape index (κ1) is 10.5. The predicted molar refractivity (Wildman–Crippen MR) is 48.5 cm³/mol. The van der Waals surface area contributed by atoms with Crippen LogP contribution in [0.2, 0.25) is 0 Å². The number of β-amino-alcohol motifs (C(OH)–C–C–N with tert-alkyl or cyclic N) is 1. The van der Waals surface area contributed by atoms with Crippen molar-refractivity contribution < 1.29 is 15.0 Å². The molecule has 4 heteroatoms. The van der Waals surface area contributed by atoms with Gasteiger partial charge in [0.15, 0.2) is 0 Å². The number of nitrogens with one attached hydrogen (secondary N) is 1. The molecule has 1 aliphatic carbocycles. The molecule has 0 spiro atoms. The van der Waals surface area contributed by atoms with E-state index in [1.807, 2.05) is 0 Å². The second-order valence-electron chi connectivity index (χ2n) is 4.41. The summed E-state index contributed by atoms with van der Waals surface area (Å²) < 4.78 is 0. The van der Waals surface area contributed by atoms with E-state index in [1.165, 1.54) is 0 Å². The van der Waals surface area contributed by atoms with Crippen LogP contribution in [0.5, 0.6) is 0 Å². The molecule has 0 atom stereocenters. The standard InChI is InChI=1S/C9H17NO3/c1-8(2,13)6-10-9(7(11)12)4-3-5-9/h10,13H,3-6H2,1-2H3,(H,11,12). The van der Waals surface area contributed by atoms with Gasteiger partial charge in [-0.2, -0.15) is 0 Å². The molecular formula is C9H17NO3. The van der Waals surface area contributed by atoms with Crippen molar-refractivity contribution in [3.63, 3.8) is 0 Å². The summed E-state index contributed by atoms with van der Waals surface area (Å²) in [7, 11) is 0. The SMILES string of the molecule is CC(C)(O)CNC1(C(=O)O)CCC1. The highest BCUT2D eigenvalue weighted by atomic mass is 16.4. The Morgan fingerprint density at radius 2 is 2.08 bits per heavy atom. The lowest BCUT2D eigenvalue weighted by molar-refractivity contribution is -0.149. The average molecular weight is 187 g/mol. The molecule has 4 nitrogen and oxygen atoms in total. The van der Waals surface area contributed by atoms with E-state index in [4.69, 9.17) is 5.11 Å². The minimum Gasteiger partial charge on any atom is -0.480 e. The van der Waals surface area contributed by atoms with Crippen LogP contribution in [0.15, 0.2) is 0 Å². The molecule has 0 saturated heterocycles. The van der Waals surface area contributed by atoms with Crippen LogP contribution in [0, 0.1) is 0 Å². The van der Waals surface area contributed by atoms with Gasteiger partial charge in [0, 0.05) is 6.54 Å². The largest absolute Gasteiger partial charge is 0.480 e. The lowest BCUT2D eigenvalue weighted by Gasteiger charge is -2.40. The molecule has 0 unspecified atom stereocenters. The van der Waals surface area contributed by atoms with Crippen molar-refractivity contribution in [2.24, 2.45) is 0 Å². The monoisotopic (exact) mass is 187 g/mol. The highest BCUT2D eigenvalue weighted by Gasteiger charge is 2.44. The first-order chi connectivity index (χ1) is 5.86. The van der Waals surface area contributed by atoms with Crippen LogP contribution in [0.3, 0.4) is 0 Å². The second kappa shape index (κ2) is 3.27. The van der Waals surface area contributed by atoms with Crippen LogP contribution in [-0.4, -0.2) is 33.9 Å². The maximum atomic E-state index is 10.9. The summed E-state index contributed by atoms with van der Waals surface area (Å²) in [6.45, 7) is 3.64. The van der Waals surface area contributed by atoms with E-state index >= 15 is 0 Å². The van der Waals surface area contributed by atoms with Gasteiger partial charge in [-0.1, -0.05) is 0 Å². The van der Waals surface area contributed by atoms with Gasteiger partial charge in [0.2, 0.25) is 0 Å². The Hall–Kier alpha value is -0.610. The van der Waals surface area contributed by atoms with Crippen LogP contribution in [0.1, 0.15) is 33.1 Å². The van der Waals surface area contributed by atoms with E-state index in [0.717, 1.165) is 6.42 Å². The van der Waals surface area contributed by atoms with E-state index in [9.17, 15) is 9.90 Å². The zero-order valence-electron chi connectivity index (χ0n) is 8.13. The Labute approximate surface area is 78.0 Å². The number of hydrogen-bond acceptors (Lipinski definition) is 3. The number of carbonyl (C=O) groups is 1. The van der Waals surface area contributed by atoms with Crippen LogP contribution in [0.25, 0.3) is 0 Å². The quantitative estimate of drug-likeness (QED) is 0.594. The summed E-state index contributed by atoms with van der Waals surface area (Å²) in [5, 5.41) is 21.3. The van der Waals surface area contributed by atoms with Crippen molar-refractivity contribution in [1.82, 2.24) is 5.32 Å². The van der Waals surface area contributed by atoms with Crippen molar-refractivity contribution in [3.05, 3.63) is 0 Å². The Morgan fingerprint density at radius 1 is 1.54 bits per heavy atom. The van der Waals surface area contributed by atoms with Crippen LogP contribution >= 0.6 is 0 Å². The summed E-state index contributed by atoms with van der Waals surface area (Å²) in [6.07, 6.45) is 2.28. The third kappa shape index (κ3) is 2.42. The molecule has 0 aromatic rings. The molecule has 0 heterocycles. The smallest absolute Gasteiger partial charge is 0.323 e. The van der Waals surface area contributed by atoms with Gasteiger partial charge in [0.05, 0.1) is 5.60 Å². The molecule has 1 saturated carbocycles. The first-order valence-electron chi connectivity index (χ1n) is 4.57. The molecular weight excluding hydrogens is 170 g/mol. The van der Waals surface area contributed by atoms with Crippen LogP contribution < -0.4 is 5.32 Å². The van der Waals surface area contributed by atoms with Crippen molar-refractivity contribution in [1.29, 1.82) is 0 Å². The predicted octanol–water partition coefficient (Wildman–Crippen LogP) is 0.354. The molecule has 0 amide bonds. The number of rotatable bonds is 4. The van der Waals surface area contributed by atoms with Gasteiger partial charge < -0.3 is 10.2 Å². The lowest BCUT2D eigenvalue weighted by Crippen LogP contribution is -2.59. The zero-order valence-corrected chi connectivity index (χ0v) is 8.13. The third-order valence-corrected chi connectivity index (χ3v) is 2.48. The van der Waals surface area contributed by atoms with Crippen LogP contribution in [0.4, 0.5) is 0 Å². The van der Waals surface area contributed by atoms with E-state index in [-0.39, 0.29) is 0 Å². The zero-order chi connectivity index (χ0) is 10.1. The molecule has 1 fully saturated rings. The molecule has 1 rings (SSSR count). The fraction of sp³-hybridized carbons (Fsp3) is 0.889. The first-order valence-corrected chi connectivity index (χ1v) is 4.57. The van der Waals surface area contributed by atoms with Gasteiger partial charge in [-0.25, -0.2) is 0 Å². The number of carboxylic acids is 1. The number of hydrogen-bond donors (Lipinski definition) is 3. The average Bonchev–Trinajstić information content (AvgIpc) is 1.80. The fourth-order valence-corrected chi connectivity index (χ4v) is 1.38. The molecule has 0 bridgehead atoms. The molecule has 1 aliphatic rings. The van der Waals surface area contributed by atoms with Gasteiger partial charge >= 0.3 is 5.97 Å². The van der Waals surface area contributed by atoms with Gasteiger partial charge in [0.25, 0.3) is 0 Å². The molecule has 76 valence electrons. The van der Waals surface area contributed by atoms with Gasteiger partial charge in [-0.05, 0) is 33.1 Å². The summed E-state index contributed by atoms with van der Waals surface area (Å²) >= 11 is 0. The summed E-state index contributed by atoms with van der Waals surface area (Å²) in [6, 6.07) is 0. The summed E-state index contributed by atoms with van der Waals surface area (Å²) in [4.78, 5) is 10.9. The Bertz CT molecular complexity index is 203. The van der Waals surface area contributed by atoms with Gasteiger partial charge in [-0.15, -0.1) is 0 Å². The molecule has 0 radical (unpaired) electrons. The highest BCUT2D eigenvalue weighted by molar-refractivity contribution is 5.79. The Balaban J connectivity index is 2.46. The molecule has 0 aliphatic heterocycles. The van der Waals surface area contributed by atoms with E-state index in [1.54, 1.807) is 13.8 Å². The van der Waals surface area contributed by atoms with E-state index < -0.39 is 17.1 Å². The highest BCUT2D eigenvalue weighted by Crippen LogP contribution is 2.32. The number of aliphatic hydroxyl groups is 1. The lowest BCUT2D eigenvalue weighted by atomic mass is 9.76. The van der Waals surface area contributed by atoms with Crippen LogP contribution in [-0.2, 0) is 4.79 Å². The molecule has 0 aromatic heterocycles. The maximum absolute atomic E-state index is 10.9.